The molecule has 0 aliphatic carbocycles. The summed E-state index contributed by atoms with van der Waals surface area (Å²) in [5, 5.41) is 0. The Kier molecular flexibility index (Phi) is 5.61. The van der Waals surface area contributed by atoms with E-state index in [0.29, 0.717) is 12.2 Å². The van der Waals surface area contributed by atoms with E-state index in [-0.39, 0.29) is 41.4 Å². The van der Waals surface area contributed by atoms with Crippen LogP contribution in [0.2, 0.25) is 0 Å². The van der Waals surface area contributed by atoms with Crippen LogP contribution in [0.1, 0.15) is 24.5 Å². The first kappa shape index (κ1) is 15.9. The standard InChI is InChI=1S/C11H13FO4S.Na/c1-17(13,14)16-11-7-8(12)4-5-9(11)10-3-2-6-15-10;/h4-5,7,10H,2-3,6H2,1H3;. The van der Waals surface area contributed by atoms with Crippen molar-refractivity contribution >= 4 is 39.7 Å². The quantitative estimate of drug-likeness (QED) is 0.625. The molecule has 1 aliphatic heterocycles. The summed E-state index contributed by atoms with van der Waals surface area (Å²) in [5.74, 6) is -0.523. The fourth-order valence-electron chi connectivity index (χ4n) is 1.83. The van der Waals surface area contributed by atoms with Crippen molar-refractivity contribution in [2.45, 2.75) is 18.9 Å². The van der Waals surface area contributed by atoms with Gasteiger partial charge in [-0.2, -0.15) is 8.42 Å². The van der Waals surface area contributed by atoms with E-state index in [9.17, 15) is 12.8 Å². The van der Waals surface area contributed by atoms with Gasteiger partial charge < -0.3 is 8.92 Å². The maximum absolute atomic E-state index is 13.1. The molecule has 2 rings (SSSR count). The molecule has 1 unspecified atom stereocenters. The van der Waals surface area contributed by atoms with Crippen molar-refractivity contribution in [3.63, 3.8) is 0 Å². The topological polar surface area (TPSA) is 52.6 Å². The number of rotatable bonds is 3. The minimum absolute atomic E-state index is 0. The molecule has 1 heterocycles. The summed E-state index contributed by atoms with van der Waals surface area (Å²) in [6, 6.07) is 3.84. The number of hydrogen-bond donors (Lipinski definition) is 0. The van der Waals surface area contributed by atoms with Crippen molar-refractivity contribution in [2.24, 2.45) is 0 Å². The normalized spacial score (nSPS) is 19.3. The van der Waals surface area contributed by atoms with E-state index < -0.39 is 15.9 Å². The van der Waals surface area contributed by atoms with Crippen LogP contribution < -0.4 is 4.18 Å². The van der Waals surface area contributed by atoms with Crippen molar-refractivity contribution in [1.29, 1.82) is 0 Å². The van der Waals surface area contributed by atoms with Gasteiger partial charge in [0.1, 0.15) is 5.82 Å². The SMILES string of the molecule is CS(=O)(=O)Oc1cc(F)ccc1C1CCCO1.[Na]. The summed E-state index contributed by atoms with van der Waals surface area (Å²) >= 11 is 0. The molecule has 1 aromatic carbocycles. The van der Waals surface area contributed by atoms with Crippen LogP contribution in [0.5, 0.6) is 5.75 Å². The Balaban J connectivity index is 0.00000162. The third kappa shape index (κ3) is 4.20. The predicted octanol–water partition coefficient (Wildman–Crippen LogP) is 1.63. The molecular weight excluding hydrogens is 270 g/mol. The molecule has 1 radical (unpaired) electrons. The number of hydrogen-bond acceptors (Lipinski definition) is 4. The third-order valence-corrected chi connectivity index (χ3v) is 2.98. The first-order valence-corrected chi connectivity index (χ1v) is 7.08. The van der Waals surface area contributed by atoms with Gasteiger partial charge in [0.05, 0.1) is 12.4 Å². The summed E-state index contributed by atoms with van der Waals surface area (Å²) in [6.07, 6.45) is 2.40. The number of ether oxygens (including phenoxy) is 1. The van der Waals surface area contributed by atoms with Gasteiger partial charge in [-0.1, -0.05) is 0 Å². The molecule has 0 spiro atoms. The van der Waals surface area contributed by atoms with Crippen LogP contribution >= 0.6 is 0 Å². The van der Waals surface area contributed by atoms with Crippen LogP contribution in [-0.2, 0) is 14.9 Å². The van der Waals surface area contributed by atoms with Gasteiger partial charge in [-0.25, -0.2) is 4.39 Å². The van der Waals surface area contributed by atoms with Crippen molar-refractivity contribution in [3.8, 4) is 5.75 Å². The van der Waals surface area contributed by atoms with Crippen LogP contribution in [0, 0.1) is 5.82 Å². The monoisotopic (exact) mass is 283 g/mol. The first-order valence-electron chi connectivity index (χ1n) is 5.26. The van der Waals surface area contributed by atoms with Crippen molar-refractivity contribution in [1.82, 2.24) is 0 Å². The molecule has 18 heavy (non-hydrogen) atoms. The molecule has 0 bridgehead atoms. The van der Waals surface area contributed by atoms with E-state index in [1.54, 1.807) is 0 Å². The fourth-order valence-corrected chi connectivity index (χ4v) is 2.30. The molecule has 1 atom stereocenters. The predicted molar refractivity (Wildman–Crippen MR) is 65.6 cm³/mol. The Hall–Kier alpha value is -0.140. The zero-order valence-corrected chi connectivity index (χ0v) is 13.2. The molecule has 0 amide bonds. The van der Waals surface area contributed by atoms with Crippen LogP contribution in [-0.4, -0.2) is 50.8 Å². The Morgan fingerprint density at radius 3 is 2.72 bits per heavy atom. The van der Waals surface area contributed by atoms with Gasteiger partial charge >= 0.3 is 10.1 Å². The summed E-state index contributed by atoms with van der Waals surface area (Å²) in [6.45, 7) is 0.625. The molecule has 4 nitrogen and oxygen atoms in total. The second-order valence-corrected chi connectivity index (χ2v) is 5.55. The van der Waals surface area contributed by atoms with E-state index in [0.717, 1.165) is 25.2 Å². The maximum atomic E-state index is 13.1. The van der Waals surface area contributed by atoms with Gasteiger partial charge in [0.15, 0.2) is 5.75 Å². The van der Waals surface area contributed by atoms with Crippen LogP contribution in [0.4, 0.5) is 4.39 Å². The summed E-state index contributed by atoms with van der Waals surface area (Å²) < 4.78 is 45.5. The molecule has 0 N–H and O–H groups in total. The van der Waals surface area contributed by atoms with Gasteiger partial charge in [0.2, 0.25) is 0 Å². The van der Waals surface area contributed by atoms with Crippen molar-refractivity contribution < 1.29 is 21.7 Å². The van der Waals surface area contributed by atoms with Crippen LogP contribution in [0.15, 0.2) is 18.2 Å². The average molecular weight is 283 g/mol. The Morgan fingerprint density at radius 1 is 1.44 bits per heavy atom. The summed E-state index contributed by atoms with van der Waals surface area (Å²) in [5.41, 5.74) is 0.578. The molecule has 1 fully saturated rings. The van der Waals surface area contributed by atoms with Crippen molar-refractivity contribution in [2.75, 3.05) is 12.9 Å². The van der Waals surface area contributed by atoms with E-state index in [1.807, 2.05) is 0 Å². The van der Waals surface area contributed by atoms with Gasteiger partial charge in [-0.05, 0) is 25.0 Å². The summed E-state index contributed by atoms with van der Waals surface area (Å²) in [7, 11) is -3.67. The maximum Gasteiger partial charge on any atom is 0.306 e. The average Bonchev–Trinajstić information content (AvgIpc) is 2.68. The van der Waals surface area contributed by atoms with E-state index in [1.165, 1.54) is 12.1 Å². The molecular formula is C11H13FNaO4S. The smallest absolute Gasteiger partial charge is 0.306 e. The molecule has 1 saturated heterocycles. The van der Waals surface area contributed by atoms with Gasteiger partial charge in [-0.3, -0.25) is 0 Å². The van der Waals surface area contributed by atoms with E-state index in [2.05, 4.69) is 0 Å². The second kappa shape index (κ2) is 6.34. The van der Waals surface area contributed by atoms with E-state index in [4.69, 9.17) is 8.92 Å². The van der Waals surface area contributed by atoms with Crippen molar-refractivity contribution in [3.05, 3.63) is 29.6 Å². The molecule has 0 saturated carbocycles. The zero-order chi connectivity index (χ0) is 12.5. The van der Waals surface area contributed by atoms with Gasteiger partial charge in [-0.15, -0.1) is 0 Å². The van der Waals surface area contributed by atoms with Crippen LogP contribution in [0.25, 0.3) is 0 Å². The summed E-state index contributed by atoms with van der Waals surface area (Å²) in [4.78, 5) is 0. The molecule has 1 aromatic rings. The van der Waals surface area contributed by atoms with Crippen LogP contribution in [0.3, 0.4) is 0 Å². The minimum atomic E-state index is -3.67. The largest absolute Gasteiger partial charge is 0.382 e. The molecule has 95 valence electrons. The first-order chi connectivity index (χ1) is 7.96. The molecule has 7 heteroatoms. The number of halogens is 1. The second-order valence-electron chi connectivity index (χ2n) is 3.97. The Labute approximate surface area is 128 Å². The molecule has 0 aromatic heterocycles. The van der Waals surface area contributed by atoms with Gasteiger partial charge in [0.25, 0.3) is 0 Å². The fraction of sp³-hybridized carbons (Fsp3) is 0.455. The number of benzene rings is 1. The van der Waals surface area contributed by atoms with E-state index >= 15 is 0 Å². The zero-order valence-electron chi connectivity index (χ0n) is 10.3. The third-order valence-electron chi connectivity index (χ3n) is 2.49. The van der Waals surface area contributed by atoms with Gasteiger partial charge in [0, 0.05) is 47.8 Å². The Morgan fingerprint density at radius 2 is 2.17 bits per heavy atom. The Bertz CT molecular complexity index is 512. The molecule has 1 aliphatic rings. The minimum Gasteiger partial charge on any atom is -0.382 e.